The summed E-state index contributed by atoms with van der Waals surface area (Å²) in [5.41, 5.74) is 2.82. The smallest absolute Gasteiger partial charge is 0.290 e. The normalized spacial score (nSPS) is 33.0. The standard InChI is InChI=1S/C26H33NO4/c1-15(2)17-7-9-18(10-8-17)23-22-24(28)20-13-16(3)6-11-21(20)31-25(22)26(29)27(23)14-19-5-4-12-30-19/h7-10,15-16,19-21,23H,4-6,11-14H2,1-3H3. The average Bonchev–Trinajstić information content (AvgIpc) is 3.36. The molecule has 5 rings (SSSR count). The molecule has 1 aromatic carbocycles. The van der Waals surface area contributed by atoms with Gasteiger partial charge in [-0.25, -0.2) is 0 Å². The molecule has 1 aliphatic carbocycles. The van der Waals surface area contributed by atoms with Gasteiger partial charge in [0.25, 0.3) is 5.91 Å². The summed E-state index contributed by atoms with van der Waals surface area (Å²) in [6.45, 7) is 7.79. The molecule has 5 unspecified atom stereocenters. The number of benzene rings is 1. The molecule has 0 radical (unpaired) electrons. The summed E-state index contributed by atoms with van der Waals surface area (Å²) >= 11 is 0. The molecule has 1 aromatic rings. The van der Waals surface area contributed by atoms with Crippen LogP contribution in [0.1, 0.15) is 76.0 Å². The van der Waals surface area contributed by atoms with Gasteiger partial charge in [0.1, 0.15) is 6.10 Å². The first-order chi connectivity index (χ1) is 14.9. The van der Waals surface area contributed by atoms with Gasteiger partial charge in [-0.3, -0.25) is 9.59 Å². The van der Waals surface area contributed by atoms with E-state index < -0.39 is 0 Å². The molecule has 3 heterocycles. The van der Waals surface area contributed by atoms with Crippen LogP contribution in [0.3, 0.4) is 0 Å². The van der Waals surface area contributed by atoms with Crippen LogP contribution in [0.15, 0.2) is 35.6 Å². The molecular weight excluding hydrogens is 390 g/mol. The summed E-state index contributed by atoms with van der Waals surface area (Å²) in [5.74, 6) is 1.10. The van der Waals surface area contributed by atoms with E-state index >= 15 is 0 Å². The molecule has 166 valence electrons. The summed E-state index contributed by atoms with van der Waals surface area (Å²) in [6.07, 6.45) is 4.58. The predicted molar refractivity (Wildman–Crippen MR) is 117 cm³/mol. The molecule has 4 aliphatic rings. The lowest BCUT2D eigenvalue weighted by Crippen LogP contribution is -2.41. The molecule has 5 atom stereocenters. The van der Waals surface area contributed by atoms with Gasteiger partial charge in [0.05, 0.1) is 23.6 Å². The van der Waals surface area contributed by atoms with Crippen molar-refractivity contribution in [3.63, 3.8) is 0 Å². The number of rotatable bonds is 4. The van der Waals surface area contributed by atoms with Crippen LogP contribution in [0, 0.1) is 11.8 Å². The van der Waals surface area contributed by atoms with Crippen molar-refractivity contribution >= 4 is 11.7 Å². The van der Waals surface area contributed by atoms with E-state index in [2.05, 4.69) is 45.0 Å². The minimum absolute atomic E-state index is 0.0279. The van der Waals surface area contributed by atoms with Gasteiger partial charge in [0.15, 0.2) is 11.5 Å². The van der Waals surface area contributed by atoms with Crippen molar-refractivity contribution in [3.05, 3.63) is 46.7 Å². The van der Waals surface area contributed by atoms with E-state index in [1.165, 1.54) is 5.56 Å². The second-order valence-corrected chi connectivity index (χ2v) is 10.1. The van der Waals surface area contributed by atoms with E-state index in [9.17, 15) is 9.59 Å². The van der Waals surface area contributed by atoms with E-state index in [-0.39, 0.29) is 35.9 Å². The van der Waals surface area contributed by atoms with Crippen LogP contribution in [0.25, 0.3) is 0 Å². The second kappa shape index (κ2) is 8.09. The van der Waals surface area contributed by atoms with Crippen molar-refractivity contribution in [1.82, 2.24) is 4.90 Å². The molecule has 0 N–H and O–H groups in total. The van der Waals surface area contributed by atoms with Gasteiger partial charge >= 0.3 is 0 Å². The van der Waals surface area contributed by atoms with Gasteiger partial charge in [0, 0.05) is 13.2 Å². The largest absolute Gasteiger partial charge is 0.483 e. The van der Waals surface area contributed by atoms with Gasteiger partial charge in [0.2, 0.25) is 0 Å². The van der Waals surface area contributed by atoms with Crippen molar-refractivity contribution < 1.29 is 19.1 Å². The van der Waals surface area contributed by atoms with E-state index in [4.69, 9.17) is 9.47 Å². The first-order valence-electron chi connectivity index (χ1n) is 11.9. The lowest BCUT2D eigenvalue weighted by molar-refractivity contribution is -0.136. The monoisotopic (exact) mass is 423 g/mol. The topological polar surface area (TPSA) is 55.8 Å². The maximum Gasteiger partial charge on any atom is 0.290 e. The highest BCUT2D eigenvalue weighted by atomic mass is 16.5. The van der Waals surface area contributed by atoms with Gasteiger partial charge in [-0.05, 0) is 55.1 Å². The van der Waals surface area contributed by atoms with Crippen LogP contribution in [-0.2, 0) is 19.1 Å². The van der Waals surface area contributed by atoms with Gasteiger partial charge in [-0.2, -0.15) is 0 Å². The highest BCUT2D eigenvalue weighted by Gasteiger charge is 2.52. The number of ketones is 1. The molecule has 5 heteroatoms. The number of hydrogen-bond acceptors (Lipinski definition) is 4. The summed E-state index contributed by atoms with van der Waals surface area (Å²) in [7, 11) is 0. The molecule has 5 nitrogen and oxygen atoms in total. The maximum absolute atomic E-state index is 13.7. The number of carbonyl (C=O) groups is 2. The van der Waals surface area contributed by atoms with Crippen molar-refractivity contribution in [2.24, 2.45) is 11.8 Å². The van der Waals surface area contributed by atoms with E-state index in [1.807, 2.05) is 4.90 Å². The number of Topliss-reactive ketones (excluding diaryl/α,β-unsaturated/α-hetero) is 1. The Morgan fingerprint density at radius 2 is 1.87 bits per heavy atom. The molecular formula is C26H33NO4. The van der Waals surface area contributed by atoms with Gasteiger partial charge in [-0.15, -0.1) is 0 Å². The van der Waals surface area contributed by atoms with Gasteiger partial charge in [-0.1, -0.05) is 45.0 Å². The molecule has 0 bridgehead atoms. The Hall–Kier alpha value is -2.14. The SMILES string of the molecule is CC1CCC2OC3=C(C(=O)C2C1)C(c1ccc(C(C)C)cc1)N(CC1CCCO1)C3=O. The first kappa shape index (κ1) is 20.7. The molecule has 0 aromatic heterocycles. The third-order valence-electron chi connectivity index (χ3n) is 7.55. The summed E-state index contributed by atoms with van der Waals surface area (Å²) in [4.78, 5) is 29.1. The molecule has 1 saturated carbocycles. The zero-order valence-electron chi connectivity index (χ0n) is 18.8. The van der Waals surface area contributed by atoms with Crippen LogP contribution in [-0.4, -0.2) is 41.9 Å². The third kappa shape index (κ3) is 3.61. The summed E-state index contributed by atoms with van der Waals surface area (Å²) in [6, 6.07) is 8.02. The van der Waals surface area contributed by atoms with E-state index in [0.29, 0.717) is 29.7 Å². The fourth-order valence-corrected chi connectivity index (χ4v) is 5.73. The molecule has 1 amide bonds. The van der Waals surface area contributed by atoms with Crippen LogP contribution in [0.4, 0.5) is 0 Å². The number of carbonyl (C=O) groups excluding carboxylic acids is 2. The molecule has 31 heavy (non-hydrogen) atoms. The second-order valence-electron chi connectivity index (χ2n) is 10.1. The third-order valence-corrected chi connectivity index (χ3v) is 7.55. The van der Waals surface area contributed by atoms with E-state index in [1.54, 1.807) is 0 Å². The average molecular weight is 424 g/mol. The number of nitrogens with zero attached hydrogens (tertiary/aromatic N) is 1. The van der Waals surface area contributed by atoms with Crippen molar-refractivity contribution in [2.45, 2.75) is 77.0 Å². The van der Waals surface area contributed by atoms with Crippen LogP contribution in [0.5, 0.6) is 0 Å². The van der Waals surface area contributed by atoms with Crippen LogP contribution in [0.2, 0.25) is 0 Å². The van der Waals surface area contributed by atoms with Gasteiger partial charge < -0.3 is 14.4 Å². The van der Waals surface area contributed by atoms with Crippen molar-refractivity contribution in [2.75, 3.05) is 13.2 Å². The fourth-order valence-electron chi connectivity index (χ4n) is 5.73. The highest BCUT2D eigenvalue weighted by molar-refractivity contribution is 6.11. The highest BCUT2D eigenvalue weighted by Crippen LogP contribution is 2.47. The Balaban J connectivity index is 1.53. The molecule has 2 fully saturated rings. The molecule has 3 aliphatic heterocycles. The fraction of sp³-hybridized carbons (Fsp3) is 0.615. The number of hydrogen-bond donors (Lipinski definition) is 0. The number of amides is 1. The first-order valence-corrected chi connectivity index (χ1v) is 11.9. The quantitative estimate of drug-likeness (QED) is 0.714. The number of fused-ring (bicyclic) bond motifs is 1. The molecule has 1 saturated heterocycles. The lowest BCUT2D eigenvalue weighted by atomic mass is 9.74. The summed E-state index contributed by atoms with van der Waals surface area (Å²) < 4.78 is 12.1. The predicted octanol–water partition coefficient (Wildman–Crippen LogP) is 4.53. The van der Waals surface area contributed by atoms with Crippen LogP contribution < -0.4 is 0 Å². The van der Waals surface area contributed by atoms with Crippen molar-refractivity contribution in [3.8, 4) is 0 Å². The van der Waals surface area contributed by atoms with Crippen LogP contribution >= 0.6 is 0 Å². The maximum atomic E-state index is 13.7. The molecule has 0 spiro atoms. The zero-order valence-corrected chi connectivity index (χ0v) is 18.8. The Kier molecular flexibility index (Phi) is 5.41. The minimum Gasteiger partial charge on any atom is -0.483 e. The van der Waals surface area contributed by atoms with Crippen molar-refractivity contribution in [1.29, 1.82) is 0 Å². The Morgan fingerprint density at radius 1 is 1.10 bits per heavy atom. The summed E-state index contributed by atoms with van der Waals surface area (Å²) in [5, 5.41) is 0. The Labute approximate surface area is 184 Å². The lowest BCUT2D eigenvalue weighted by Gasteiger charge is -2.37. The minimum atomic E-state index is -0.376. The zero-order chi connectivity index (χ0) is 21.7. The number of ether oxygens (including phenoxy) is 2. The Morgan fingerprint density at radius 3 is 2.55 bits per heavy atom. The van der Waals surface area contributed by atoms with E-state index in [0.717, 1.165) is 44.3 Å². The Bertz CT molecular complexity index is 896.